The van der Waals surface area contributed by atoms with Crippen molar-refractivity contribution in [1.29, 1.82) is 0 Å². The molecule has 1 aliphatic heterocycles. The van der Waals surface area contributed by atoms with Gasteiger partial charge >= 0.3 is 12.0 Å². The molecule has 0 saturated carbocycles. The van der Waals surface area contributed by atoms with Crippen molar-refractivity contribution < 1.29 is 29.0 Å². The first-order valence-electron chi connectivity index (χ1n) is 7.05. The van der Waals surface area contributed by atoms with Gasteiger partial charge in [-0.15, -0.1) is 0 Å². The number of hydrogen-bond donors (Lipinski definition) is 2. The van der Waals surface area contributed by atoms with Crippen LogP contribution in [0.4, 0.5) is 4.79 Å². The lowest BCUT2D eigenvalue weighted by molar-refractivity contribution is -0.143. The van der Waals surface area contributed by atoms with Gasteiger partial charge in [-0.05, 0) is 56.5 Å². The topological polar surface area (TPSA) is 105 Å². The van der Waals surface area contributed by atoms with Crippen molar-refractivity contribution in [3.63, 3.8) is 0 Å². The van der Waals surface area contributed by atoms with E-state index >= 15 is 0 Å². The number of rotatable bonds is 5. The van der Waals surface area contributed by atoms with Gasteiger partial charge in [0.1, 0.15) is 12.2 Å². The lowest BCUT2D eigenvalue weighted by atomic mass is 10.1. The molecule has 0 radical (unpaired) electrons. The van der Waals surface area contributed by atoms with E-state index in [2.05, 4.69) is 41.9 Å². The van der Waals surface area contributed by atoms with Crippen LogP contribution in [-0.2, 0) is 14.3 Å². The van der Waals surface area contributed by atoms with Gasteiger partial charge in [-0.2, -0.15) is 0 Å². The molecule has 2 rings (SSSR count). The van der Waals surface area contributed by atoms with E-state index in [-0.39, 0.29) is 17.2 Å². The number of aromatic hydroxyl groups is 1. The zero-order valence-electron chi connectivity index (χ0n) is 13.3. The van der Waals surface area contributed by atoms with Gasteiger partial charge in [0.25, 0.3) is 5.91 Å². The quantitative estimate of drug-likeness (QED) is 0.383. The van der Waals surface area contributed by atoms with E-state index in [0.717, 1.165) is 12.0 Å². The Bertz CT molecular complexity index is 778. The van der Waals surface area contributed by atoms with Gasteiger partial charge in [-0.1, -0.05) is 0 Å². The van der Waals surface area contributed by atoms with Gasteiger partial charge in [-0.3, -0.25) is 9.59 Å². The van der Waals surface area contributed by atoms with Crippen LogP contribution in [0.3, 0.4) is 0 Å². The molecule has 134 valence electrons. The highest BCUT2D eigenvalue weighted by molar-refractivity contribution is 9.13. The highest BCUT2D eigenvalue weighted by Crippen LogP contribution is 2.42. The molecule has 0 spiro atoms. The Labute approximate surface area is 160 Å². The third-order valence-corrected chi connectivity index (χ3v) is 5.41. The van der Waals surface area contributed by atoms with Gasteiger partial charge in [0.05, 0.1) is 18.2 Å². The van der Waals surface area contributed by atoms with Crippen molar-refractivity contribution in [2.75, 3.05) is 20.3 Å². The second-order valence-electron chi connectivity index (χ2n) is 4.83. The summed E-state index contributed by atoms with van der Waals surface area (Å²) in [5, 5.41) is 12.4. The lowest BCUT2D eigenvalue weighted by Crippen LogP contribution is -2.36. The van der Waals surface area contributed by atoms with Crippen LogP contribution in [0.2, 0.25) is 0 Å². The van der Waals surface area contributed by atoms with E-state index in [9.17, 15) is 19.5 Å². The number of urea groups is 1. The van der Waals surface area contributed by atoms with Crippen molar-refractivity contribution in [2.45, 2.75) is 6.92 Å². The van der Waals surface area contributed by atoms with Crippen LogP contribution in [-0.4, -0.2) is 48.2 Å². The van der Waals surface area contributed by atoms with Crippen LogP contribution < -0.4 is 10.1 Å². The number of methoxy groups -OCH3 is 1. The zero-order chi connectivity index (χ0) is 18.7. The second kappa shape index (κ2) is 7.87. The number of benzene rings is 1. The SMILES string of the molecule is CCOc1cc(/C=C2/NC(=O)N(CC(=O)OC)C2=O)c(Br)c(Br)c1O. The molecule has 8 nitrogen and oxygen atoms in total. The number of halogens is 2. The van der Waals surface area contributed by atoms with Crippen LogP contribution in [0.25, 0.3) is 6.08 Å². The highest BCUT2D eigenvalue weighted by atomic mass is 79.9. The average Bonchev–Trinajstić information content (AvgIpc) is 2.84. The molecule has 0 atom stereocenters. The molecule has 1 aliphatic rings. The normalized spacial score (nSPS) is 15.5. The largest absolute Gasteiger partial charge is 0.503 e. The molecule has 1 aromatic rings. The van der Waals surface area contributed by atoms with Crippen LogP contribution in [0.1, 0.15) is 12.5 Å². The average molecular weight is 478 g/mol. The maximum atomic E-state index is 12.3. The summed E-state index contributed by atoms with van der Waals surface area (Å²) in [5.74, 6) is -1.25. The molecule has 1 heterocycles. The Morgan fingerprint density at radius 2 is 2.04 bits per heavy atom. The fourth-order valence-corrected chi connectivity index (χ4v) is 2.89. The summed E-state index contributed by atoms with van der Waals surface area (Å²) >= 11 is 6.54. The zero-order valence-corrected chi connectivity index (χ0v) is 16.4. The number of carbonyl (C=O) groups excluding carboxylic acids is 3. The van der Waals surface area contributed by atoms with Gasteiger partial charge < -0.3 is 19.9 Å². The van der Waals surface area contributed by atoms with E-state index in [1.54, 1.807) is 6.92 Å². The minimum Gasteiger partial charge on any atom is -0.503 e. The third-order valence-electron chi connectivity index (χ3n) is 3.25. The maximum Gasteiger partial charge on any atom is 0.329 e. The first kappa shape index (κ1) is 19.3. The Hall–Kier alpha value is -2.07. The Kier molecular flexibility index (Phi) is 6.07. The minimum absolute atomic E-state index is 0.0189. The fourth-order valence-electron chi connectivity index (χ4n) is 2.05. The van der Waals surface area contributed by atoms with Gasteiger partial charge in [-0.25, -0.2) is 9.69 Å². The molecule has 25 heavy (non-hydrogen) atoms. The molecule has 0 bridgehead atoms. The molecule has 0 aliphatic carbocycles. The number of carbonyl (C=O) groups is 3. The molecule has 10 heteroatoms. The monoisotopic (exact) mass is 476 g/mol. The molecule has 1 fully saturated rings. The summed E-state index contributed by atoms with van der Waals surface area (Å²) in [6.45, 7) is 1.61. The summed E-state index contributed by atoms with van der Waals surface area (Å²) in [4.78, 5) is 36.2. The predicted molar refractivity (Wildman–Crippen MR) is 94.9 cm³/mol. The molecular weight excluding hydrogens is 464 g/mol. The number of imide groups is 1. The summed E-state index contributed by atoms with van der Waals surface area (Å²) in [7, 11) is 1.16. The van der Waals surface area contributed by atoms with Gasteiger partial charge in [0, 0.05) is 4.47 Å². The van der Waals surface area contributed by atoms with E-state index in [0.29, 0.717) is 21.1 Å². The number of phenolic OH excluding ortho intramolecular Hbond substituents is 1. The summed E-state index contributed by atoms with van der Waals surface area (Å²) in [6.07, 6.45) is 1.41. The summed E-state index contributed by atoms with van der Waals surface area (Å²) in [6, 6.07) is 0.795. The first-order chi connectivity index (χ1) is 11.8. The Morgan fingerprint density at radius 1 is 1.36 bits per heavy atom. The van der Waals surface area contributed by atoms with E-state index in [4.69, 9.17) is 4.74 Å². The van der Waals surface area contributed by atoms with Crippen molar-refractivity contribution in [3.05, 3.63) is 26.3 Å². The minimum atomic E-state index is -0.722. The molecule has 1 aromatic carbocycles. The lowest BCUT2D eigenvalue weighted by Gasteiger charge is -2.11. The number of nitrogens with one attached hydrogen (secondary N) is 1. The first-order valence-corrected chi connectivity index (χ1v) is 8.63. The summed E-state index contributed by atoms with van der Waals surface area (Å²) in [5.41, 5.74) is 0.464. The van der Waals surface area contributed by atoms with Crippen molar-refractivity contribution in [2.24, 2.45) is 0 Å². The third kappa shape index (κ3) is 3.96. The number of amides is 3. The number of phenols is 1. The number of hydrogen-bond acceptors (Lipinski definition) is 6. The van der Waals surface area contributed by atoms with Crippen LogP contribution in [0, 0.1) is 0 Å². The van der Waals surface area contributed by atoms with Crippen LogP contribution in [0.5, 0.6) is 11.5 Å². The summed E-state index contributed by atoms with van der Waals surface area (Å²) < 4.78 is 10.6. The fraction of sp³-hybridized carbons (Fsp3) is 0.267. The molecule has 0 unspecified atom stereocenters. The van der Waals surface area contributed by atoms with Crippen molar-refractivity contribution in [3.8, 4) is 11.5 Å². The Balaban J connectivity index is 2.39. The van der Waals surface area contributed by atoms with Crippen LogP contribution >= 0.6 is 31.9 Å². The van der Waals surface area contributed by atoms with Crippen molar-refractivity contribution >= 4 is 55.8 Å². The maximum absolute atomic E-state index is 12.3. The predicted octanol–water partition coefficient (Wildman–Crippen LogP) is 2.38. The molecular formula is C15H14Br2N2O6. The highest BCUT2D eigenvalue weighted by Gasteiger charge is 2.35. The van der Waals surface area contributed by atoms with E-state index < -0.39 is 24.5 Å². The van der Waals surface area contributed by atoms with E-state index in [1.165, 1.54) is 12.1 Å². The van der Waals surface area contributed by atoms with Crippen molar-refractivity contribution in [1.82, 2.24) is 10.2 Å². The number of ether oxygens (including phenoxy) is 2. The smallest absolute Gasteiger partial charge is 0.329 e. The van der Waals surface area contributed by atoms with Gasteiger partial charge in [0.15, 0.2) is 11.5 Å². The van der Waals surface area contributed by atoms with Crippen LogP contribution in [0.15, 0.2) is 20.7 Å². The second-order valence-corrected chi connectivity index (χ2v) is 6.42. The van der Waals surface area contributed by atoms with E-state index in [1.807, 2.05) is 0 Å². The molecule has 1 saturated heterocycles. The van der Waals surface area contributed by atoms with Gasteiger partial charge in [0.2, 0.25) is 0 Å². The number of nitrogens with zero attached hydrogens (tertiary/aromatic N) is 1. The molecule has 3 amide bonds. The molecule has 2 N–H and O–H groups in total. The number of esters is 1. The molecule has 0 aromatic heterocycles. The standard InChI is InChI=1S/C15H14Br2N2O6/c1-3-25-9-5-7(11(16)12(17)13(9)21)4-8-14(22)19(15(23)18-8)6-10(20)24-2/h4-5,21H,3,6H2,1-2H3,(H,18,23)/b8-4+. The Morgan fingerprint density at radius 3 is 2.64 bits per heavy atom.